The highest BCUT2D eigenvalue weighted by atomic mass is 79.9. The van der Waals surface area contributed by atoms with Crippen LogP contribution >= 0.6 is 15.9 Å². The van der Waals surface area contributed by atoms with Crippen LogP contribution in [-0.4, -0.2) is 21.1 Å². The summed E-state index contributed by atoms with van der Waals surface area (Å²) in [4.78, 5) is 15.7. The minimum absolute atomic E-state index is 0.134. The van der Waals surface area contributed by atoms with Crippen molar-refractivity contribution in [1.82, 2.24) is 15.2 Å². The molecule has 6 heteroatoms. The molecule has 1 aromatic heterocycles. The first-order valence-corrected chi connectivity index (χ1v) is 5.82. The summed E-state index contributed by atoms with van der Waals surface area (Å²) in [6.07, 6.45) is 0. The van der Waals surface area contributed by atoms with Crippen molar-refractivity contribution >= 4 is 27.5 Å². The van der Waals surface area contributed by atoms with Gasteiger partial charge in [-0.05, 0) is 47.5 Å². The summed E-state index contributed by atoms with van der Waals surface area (Å²) in [6, 6.07) is 5.68. The number of benzene rings is 1. The lowest BCUT2D eigenvalue weighted by molar-refractivity contribution is 0.101. The van der Waals surface area contributed by atoms with Crippen LogP contribution in [0.5, 0.6) is 0 Å². The minimum atomic E-state index is -0.334. The topological polar surface area (TPSA) is 70.7 Å². The lowest BCUT2D eigenvalue weighted by atomic mass is 10.2. The number of amides is 1. The summed E-state index contributed by atoms with van der Waals surface area (Å²) < 4.78 is 0.832. The largest absolute Gasteiger partial charge is 0.318 e. The maximum Gasteiger partial charge on any atom is 0.295 e. The zero-order valence-corrected chi connectivity index (χ0v) is 11.0. The Morgan fingerprint density at radius 3 is 2.76 bits per heavy atom. The quantitative estimate of drug-likeness (QED) is 0.894. The number of hydrogen-bond acceptors (Lipinski definition) is 3. The Morgan fingerprint density at radius 1 is 1.41 bits per heavy atom. The van der Waals surface area contributed by atoms with Gasteiger partial charge in [0.15, 0.2) is 0 Å². The van der Waals surface area contributed by atoms with Crippen LogP contribution in [0.2, 0.25) is 0 Å². The smallest absolute Gasteiger partial charge is 0.295 e. The van der Waals surface area contributed by atoms with Crippen molar-refractivity contribution in [3.63, 3.8) is 0 Å². The number of aromatic nitrogens is 3. The monoisotopic (exact) mass is 294 g/mol. The maximum absolute atomic E-state index is 11.8. The van der Waals surface area contributed by atoms with Gasteiger partial charge in [0.1, 0.15) is 5.82 Å². The standard InChI is InChI=1S/C11H11BrN4O/c1-6-3-4-9(8(12)5-6)14-11(17)10-13-7(2)15-16-10/h3-5H,1-2H3,(H,14,17)(H,13,15,16). The Balaban J connectivity index is 2.18. The van der Waals surface area contributed by atoms with Gasteiger partial charge in [0.05, 0.1) is 5.69 Å². The predicted molar refractivity (Wildman–Crippen MR) is 68.0 cm³/mol. The molecule has 5 nitrogen and oxygen atoms in total. The maximum atomic E-state index is 11.8. The first kappa shape index (κ1) is 11.8. The number of rotatable bonds is 2. The first-order valence-electron chi connectivity index (χ1n) is 5.03. The molecular weight excluding hydrogens is 284 g/mol. The molecule has 0 bridgehead atoms. The third kappa shape index (κ3) is 2.71. The highest BCUT2D eigenvalue weighted by Crippen LogP contribution is 2.23. The van der Waals surface area contributed by atoms with Crippen molar-refractivity contribution < 1.29 is 4.79 Å². The van der Waals surface area contributed by atoms with Gasteiger partial charge in [-0.1, -0.05) is 6.07 Å². The average Bonchev–Trinajstić information content (AvgIpc) is 2.69. The normalized spacial score (nSPS) is 10.3. The third-order valence-electron chi connectivity index (χ3n) is 2.17. The molecule has 2 rings (SSSR count). The van der Waals surface area contributed by atoms with Crippen LogP contribution < -0.4 is 5.32 Å². The molecule has 0 aliphatic carbocycles. The molecule has 0 radical (unpaired) electrons. The molecule has 0 fully saturated rings. The van der Waals surface area contributed by atoms with Crippen LogP contribution in [0.1, 0.15) is 22.0 Å². The Kier molecular flexibility index (Phi) is 3.23. The summed E-state index contributed by atoms with van der Waals surface area (Å²) in [7, 11) is 0. The number of carbonyl (C=O) groups is 1. The van der Waals surface area contributed by atoms with Crippen molar-refractivity contribution in [1.29, 1.82) is 0 Å². The number of aryl methyl sites for hydroxylation is 2. The van der Waals surface area contributed by atoms with Gasteiger partial charge in [-0.3, -0.25) is 9.89 Å². The Morgan fingerprint density at radius 2 is 2.18 bits per heavy atom. The Labute approximate surface area is 107 Å². The first-order chi connectivity index (χ1) is 8.06. The number of hydrogen-bond donors (Lipinski definition) is 2. The number of halogens is 1. The van der Waals surface area contributed by atoms with Crippen LogP contribution in [0.25, 0.3) is 0 Å². The number of H-pyrrole nitrogens is 1. The van der Waals surface area contributed by atoms with Gasteiger partial charge < -0.3 is 5.32 Å². The van der Waals surface area contributed by atoms with Gasteiger partial charge in [-0.15, -0.1) is 5.10 Å². The summed E-state index contributed by atoms with van der Waals surface area (Å²) in [5, 5.41) is 9.16. The zero-order chi connectivity index (χ0) is 12.4. The van der Waals surface area contributed by atoms with Crippen molar-refractivity contribution in [3.05, 3.63) is 39.9 Å². The van der Waals surface area contributed by atoms with Crippen molar-refractivity contribution in [3.8, 4) is 0 Å². The second-order valence-electron chi connectivity index (χ2n) is 3.68. The van der Waals surface area contributed by atoms with Gasteiger partial charge in [0.2, 0.25) is 5.82 Å². The van der Waals surface area contributed by atoms with Gasteiger partial charge in [-0.25, -0.2) is 4.98 Å². The van der Waals surface area contributed by atoms with E-state index in [1.54, 1.807) is 6.92 Å². The van der Waals surface area contributed by atoms with E-state index in [-0.39, 0.29) is 11.7 Å². The molecule has 0 saturated carbocycles. The summed E-state index contributed by atoms with van der Waals surface area (Å²) in [5.41, 5.74) is 1.81. The number of anilines is 1. The fourth-order valence-electron chi connectivity index (χ4n) is 1.34. The predicted octanol–water partition coefficient (Wildman–Crippen LogP) is 2.44. The van der Waals surface area contributed by atoms with Crippen molar-refractivity contribution in [2.45, 2.75) is 13.8 Å². The molecule has 2 N–H and O–H groups in total. The molecule has 0 saturated heterocycles. The third-order valence-corrected chi connectivity index (χ3v) is 2.83. The highest BCUT2D eigenvalue weighted by Gasteiger charge is 2.12. The van der Waals surface area contributed by atoms with Crippen LogP contribution in [0, 0.1) is 13.8 Å². The van der Waals surface area contributed by atoms with E-state index in [0.717, 1.165) is 10.0 Å². The molecule has 88 valence electrons. The molecule has 0 aliphatic rings. The van der Waals surface area contributed by atoms with E-state index in [2.05, 4.69) is 36.4 Å². The fraction of sp³-hybridized carbons (Fsp3) is 0.182. The van der Waals surface area contributed by atoms with E-state index in [1.165, 1.54) is 0 Å². The molecule has 0 aliphatic heterocycles. The molecule has 0 spiro atoms. The van der Waals surface area contributed by atoms with Gasteiger partial charge in [-0.2, -0.15) is 0 Å². The number of aromatic amines is 1. The Hall–Kier alpha value is -1.69. The van der Waals surface area contributed by atoms with E-state index in [1.807, 2.05) is 25.1 Å². The average molecular weight is 295 g/mol. The van der Waals surface area contributed by atoms with E-state index < -0.39 is 0 Å². The second-order valence-corrected chi connectivity index (χ2v) is 4.54. The molecule has 17 heavy (non-hydrogen) atoms. The van der Waals surface area contributed by atoms with Crippen LogP contribution in [0.4, 0.5) is 5.69 Å². The molecule has 1 aromatic carbocycles. The van der Waals surface area contributed by atoms with Crippen molar-refractivity contribution in [2.24, 2.45) is 0 Å². The van der Waals surface area contributed by atoms with Crippen LogP contribution in [0.15, 0.2) is 22.7 Å². The van der Waals surface area contributed by atoms with E-state index in [9.17, 15) is 4.79 Å². The molecule has 1 amide bonds. The number of carbonyl (C=O) groups excluding carboxylic acids is 1. The van der Waals surface area contributed by atoms with Gasteiger partial charge in [0.25, 0.3) is 5.91 Å². The lowest BCUT2D eigenvalue weighted by Gasteiger charge is -2.05. The summed E-state index contributed by atoms with van der Waals surface area (Å²) in [6.45, 7) is 3.72. The lowest BCUT2D eigenvalue weighted by Crippen LogP contribution is -2.14. The molecule has 0 unspecified atom stereocenters. The summed E-state index contributed by atoms with van der Waals surface area (Å²) >= 11 is 3.39. The Bertz CT molecular complexity index is 564. The van der Waals surface area contributed by atoms with Gasteiger partial charge in [0, 0.05) is 4.47 Å². The summed E-state index contributed by atoms with van der Waals surface area (Å²) in [5.74, 6) is 0.409. The van der Waals surface area contributed by atoms with Crippen LogP contribution in [0.3, 0.4) is 0 Å². The zero-order valence-electron chi connectivity index (χ0n) is 9.41. The highest BCUT2D eigenvalue weighted by molar-refractivity contribution is 9.10. The molecular formula is C11H11BrN4O. The second kappa shape index (κ2) is 4.67. The van der Waals surface area contributed by atoms with E-state index in [0.29, 0.717) is 11.5 Å². The van der Waals surface area contributed by atoms with Crippen LogP contribution in [-0.2, 0) is 0 Å². The van der Waals surface area contributed by atoms with Crippen molar-refractivity contribution in [2.75, 3.05) is 5.32 Å². The van der Waals surface area contributed by atoms with Gasteiger partial charge >= 0.3 is 0 Å². The van der Waals surface area contributed by atoms with E-state index in [4.69, 9.17) is 0 Å². The minimum Gasteiger partial charge on any atom is -0.318 e. The number of nitrogens with one attached hydrogen (secondary N) is 2. The fourth-order valence-corrected chi connectivity index (χ4v) is 1.94. The molecule has 1 heterocycles. The SMILES string of the molecule is Cc1ccc(NC(=O)c2n[nH]c(C)n2)c(Br)c1. The molecule has 0 atom stereocenters. The van der Waals surface area contributed by atoms with E-state index >= 15 is 0 Å². The number of nitrogens with zero attached hydrogens (tertiary/aromatic N) is 2. The molecule has 2 aromatic rings.